The van der Waals surface area contributed by atoms with E-state index in [-0.39, 0.29) is 11.9 Å². The van der Waals surface area contributed by atoms with E-state index in [1.54, 1.807) is 42.5 Å². The fraction of sp³-hybridized carbons (Fsp3) is 0.158. The predicted octanol–water partition coefficient (Wildman–Crippen LogP) is 4.03. The van der Waals surface area contributed by atoms with E-state index in [2.05, 4.69) is 38.5 Å². The van der Waals surface area contributed by atoms with Crippen LogP contribution in [0.15, 0.2) is 53.5 Å². The number of carbonyl (C=O) groups is 2. The van der Waals surface area contributed by atoms with Gasteiger partial charge in [-0.3, -0.25) is 4.79 Å². The van der Waals surface area contributed by atoms with Crippen LogP contribution in [0, 0.1) is 0 Å². The molecular weight excluding hydrogens is 414 g/mol. The maximum Gasteiger partial charge on any atom is 0.319 e. The number of benzene rings is 2. The molecule has 0 atom stereocenters. The highest BCUT2D eigenvalue weighted by molar-refractivity contribution is 9.10. The van der Waals surface area contributed by atoms with Gasteiger partial charge in [0.1, 0.15) is 16.0 Å². The summed E-state index contributed by atoms with van der Waals surface area (Å²) in [4.78, 5) is 24.1. The molecule has 8 heteroatoms. The number of anilines is 2. The fourth-order valence-electron chi connectivity index (χ4n) is 2.18. The maximum atomic E-state index is 12.5. The molecule has 0 aliphatic carbocycles. The van der Waals surface area contributed by atoms with E-state index < -0.39 is 0 Å². The van der Waals surface area contributed by atoms with Gasteiger partial charge in [0.25, 0.3) is 5.91 Å². The Labute approximate surface area is 165 Å². The smallest absolute Gasteiger partial charge is 0.319 e. The molecule has 0 bridgehead atoms. The van der Waals surface area contributed by atoms with Crippen LogP contribution in [0.1, 0.15) is 10.4 Å². The molecule has 0 spiro atoms. The Hall–Kier alpha value is -3.00. The minimum absolute atomic E-state index is 0.316. The van der Waals surface area contributed by atoms with Gasteiger partial charge >= 0.3 is 6.03 Å². The zero-order valence-corrected chi connectivity index (χ0v) is 16.6. The van der Waals surface area contributed by atoms with Gasteiger partial charge in [-0.15, -0.1) is 6.58 Å². The van der Waals surface area contributed by atoms with Crippen LogP contribution >= 0.6 is 15.9 Å². The van der Waals surface area contributed by atoms with Crippen LogP contribution in [0.4, 0.5) is 16.2 Å². The summed E-state index contributed by atoms with van der Waals surface area (Å²) in [7, 11) is 3.02. The molecule has 0 unspecified atom stereocenters. The first-order valence-electron chi connectivity index (χ1n) is 7.97. The first kappa shape index (κ1) is 20.3. The molecule has 27 heavy (non-hydrogen) atoms. The van der Waals surface area contributed by atoms with E-state index in [1.165, 1.54) is 14.2 Å². The second-order valence-electron chi connectivity index (χ2n) is 5.35. The second-order valence-corrected chi connectivity index (χ2v) is 6.14. The monoisotopic (exact) mass is 433 g/mol. The van der Waals surface area contributed by atoms with Gasteiger partial charge in [0.15, 0.2) is 0 Å². The van der Waals surface area contributed by atoms with Crippen molar-refractivity contribution < 1.29 is 19.1 Å². The largest absolute Gasteiger partial charge is 0.495 e. The van der Waals surface area contributed by atoms with Crippen molar-refractivity contribution in [2.45, 2.75) is 0 Å². The molecule has 2 rings (SSSR count). The zero-order chi connectivity index (χ0) is 19.8. The quantitative estimate of drug-likeness (QED) is 0.575. The van der Waals surface area contributed by atoms with Crippen molar-refractivity contribution in [3.8, 4) is 11.5 Å². The lowest BCUT2D eigenvalue weighted by molar-refractivity contribution is 0.102. The molecule has 0 saturated carbocycles. The first-order valence-corrected chi connectivity index (χ1v) is 8.76. The molecule has 0 radical (unpaired) electrons. The number of halogens is 1. The second kappa shape index (κ2) is 9.63. The molecule has 7 nitrogen and oxygen atoms in total. The minimum atomic E-state index is -0.333. The third-order valence-corrected chi connectivity index (χ3v) is 4.30. The standard InChI is InChI=1S/C19H20BrN3O4/c1-4-9-21-19(25)23-14-7-5-13(6-8-14)22-18(24)12-10-15(26-2)17(20)16(11-12)27-3/h4-8,10-11H,1,9H2,2-3H3,(H,22,24)(H2,21,23,25). The summed E-state index contributed by atoms with van der Waals surface area (Å²) in [5, 5.41) is 8.07. The fourth-order valence-corrected chi connectivity index (χ4v) is 2.73. The number of methoxy groups -OCH3 is 2. The minimum Gasteiger partial charge on any atom is -0.495 e. The van der Waals surface area contributed by atoms with E-state index in [1.807, 2.05) is 0 Å². The number of nitrogens with one attached hydrogen (secondary N) is 3. The van der Waals surface area contributed by atoms with Crippen LogP contribution in [0.5, 0.6) is 11.5 Å². The third-order valence-electron chi connectivity index (χ3n) is 3.52. The molecule has 142 valence electrons. The molecule has 3 N–H and O–H groups in total. The molecule has 2 aromatic rings. The van der Waals surface area contributed by atoms with Crippen LogP contribution in [0.2, 0.25) is 0 Å². The van der Waals surface area contributed by atoms with Crippen molar-refractivity contribution in [1.29, 1.82) is 0 Å². The third kappa shape index (κ3) is 5.49. The number of hydrogen-bond acceptors (Lipinski definition) is 4. The topological polar surface area (TPSA) is 88.7 Å². The predicted molar refractivity (Wildman–Crippen MR) is 109 cm³/mol. The molecule has 0 heterocycles. The van der Waals surface area contributed by atoms with Gasteiger partial charge in [-0.2, -0.15) is 0 Å². The highest BCUT2D eigenvalue weighted by Gasteiger charge is 2.15. The molecule has 0 aliphatic rings. The normalized spacial score (nSPS) is 9.89. The zero-order valence-electron chi connectivity index (χ0n) is 15.0. The summed E-state index contributed by atoms with van der Waals surface area (Å²) in [6.07, 6.45) is 1.59. The van der Waals surface area contributed by atoms with Gasteiger partial charge in [0, 0.05) is 23.5 Å². The summed E-state index contributed by atoms with van der Waals surface area (Å²) < 4.78 is 11.1. The molecule has 0 aliphatic heterocycles. The Morgan fingerprint density at radius 3 is 2.04 bits per heavy atom. The number of ether oxygens (including phenoxy) is 2. The van der Waals surface area contributed by atoms with E-state index in [0.717, 1.165) is 0 Å². The van der Waals surface area contributed by atoms with Gasteiger partial charge < -0.3 is 25.4 Å². The molecule has 3 amide bonds. The van der Waals surface area contributed by atoms with Crippen LogP contribution < -0.4 is 25.4 Å². The summed E-state index contributed by atoms with van der Waals surface area (Å²) in [5.41, 5.74) is 1.57. The van der Waals surface area contributed by atoms with E-state index >= 15 is 0 Å². The highest BCUT2D eigenvalue weighted by atomic mass is 79.9. The molecule has 0 saturated heterocycles. The lowest BCUT2D eigenvalue weighted by Crippen LogP contribution is -2.28. The van der Waals surface area contributed by atoms with Crippen molar-refractivity contribution in [2.75, 3.05) is 31.4 Å². The van der Waals surface area contributed by atoms with Crippen molar-refractivity contribution in [1.82, 2.24) is 5.32 Å². The molecular formula is C19H20BrN3O4. The van der Waals surface area contributed by atoms with Crippen molar-refractivity contribution in [2.24, 2.45) is 0 Å². The van der Waals surface area contributed by atoms with Crippen molar-refractivity contribution in [3.05, 3.63) is 59.1 Å². The molecule has 0 aromatic heterocycles. The van der Waals surface area contributed by atoms with E-state index in [4.69, 9.17) is 9.47 Å². The highest BCUT2D eigenvalue weighted by Crippen LogP contribution is 2.35. The Morgan fingerprint density at radius 2 is 1.56 bits per heavy atom. The van der Waals surface area contributed by atoms with Crippen molar-refractivity contribution >= 4 is 39.2 Å². The maximum absolute atomic E-state index is 12.5. The Kier molecular flexibility index (Phi) is 7.25. The van der Waals surface area contributed by atoms with Gasteiger partial charge in [-0.1, -0.05) is 6.08 Å². The number of rotatable bonds is 7. The van der Waals surface area contributed by atoms with E-state index in [0.29, 0.717) is 39.5 Å². The van der Waals surface area contributed by atoms with Crippen LogP contribution in [-0.2, 0) is 0 Å². The van der Waals surface area contributed by atoms with Gasteiger partial charge in [-0.05, 0) is 52.3 Å². The van der Waals surface area contributed by atoms with Gasteiger partial charge in [-0.25, -0.2) is 4.79 Å². The van der Waals surface area contributed by atoms with Crippen LogP contribution in [0.3, 0.4) is 0 Å². The van der Waals surface area contributed by atoms with E-state index in [9.17, 15) is 9.59 Å². The lowest BCUT2D eigenvalue weighted by Gasteiger charge is -2.12. The number of amides is 3. The van der Waals surface area contributed by atoms with Crippen LogP contribution in [0.25, 0.3) is 0 Å². The Bertz CT molecular complexity index is 812. The Morgan fingerprint density at radius 1 is 1.04 bits per heavy atom. The summed E-state index contributed by atoms with van der Waals surface area (Å²) >= 11 is 3.37. The number of hydrogen-bond donors (Lipinski definition) is 3. The van der Waals surface area contributed by atoms with Gasteiger partial charge in [0.2, 0.25) is 0 Å². The summed E-state index contributed by atoms with van der Waals surface area (Å²) in [6, 6.07) is 9.64. The number of urea groups is 1. The van der Waals surface area contributed by atoms with Crippen LogP contribution in [-0.4, -0.2) is 32.7 Å². The SMILES string of the molecule is C=CCNC(=O)Nc1ccc(NC(=O)c2cc(OC)c(Br)c(OC)c2)cc1. The van der Waals surface area contributed by atoms with Crippen molar-refractivity contribution in [3.63, 3.8) is 0 Å². The molecule has 0 fully saturated rings. The average molecular weight is 434 g/mol. The molecule has 2 aromatic carbocycles. The first-order chi connectivity index (χ1) is 13.0. The number of carbonyl (C=O) groups excluding carboxylic acids is 2. The summed E-state index contributed by atoms with van der Waals surface area (Å²) in [6.45, 7) is 3.90. The lowest BCUT2D eigenvalue weighted by atomic mass is 10.1. The average Bonchev–Trinajstić information content (AvgIpc) is 2.68. The van der Waals surface area contributed by atoms with Gasteiger partial charge in [0.05, 0.1) is 14.2 Å². The summed E-state index contributed by atoms with van der Waals surface area (Å²) in [5.74, 6) is 0.665. The Balaban J connectivity index is 2.08.